The zero-order valence-electron chi connectivity index (χ0n) is 9.77. The van der Waals surface area contributed by atoms with Crippen LogP contribution in [0.25, 0.3) is 0 Å². The highest BCUT2D eigenvalue weighted by Gasteiger charge is 2.26. The number of aromatic nitrogens is 2. The largest absolute Gasteiger partial charge is 0.355 e. The fourth-order valence-corrected chi connectivity index (χ4v) is 1.97. The summed E-state index contributed by atoms with van der Waals surface area (Å²) in [6.45, 7) is 0.993. The maximum absolute atomic E-state index is 12.1. The number of aromatic amines is 1. The summed E-state index contributed by atoms with van der Waals surface area (Å²) in [7, 11) is 1.77. The van der Waals surface area contributed by atoms with E-state index in [1.807, 2.05) is 0 Å². The van der Waals surface area contributed by atoms with E-state index < -0.39 is 0 Å². The number of nitrogens with one attached hydrogen (secondary N) is 2. The van der Waals surface area contributed by atoms with Crippen molar-refractivity contribution in [2.24, 2.45) is 5.92 Å². The Morgan fingerprint density at radius 2 is 2.47 bits per heavy atom. The number of amides is 2. The van der Waals surface area contributed by atoms with Crippen molar-refractivity contribution in [3.8, 4) is 0 Å². The molecule has 1 unspecified atom stereocenters. The highest BCUT2D eigenvalue weighted by atomic mass is 16.2. The summed E-state index contributed by atoms with van der Waals surface area (Å²) in [4.78, 5) is 24.8. The van der Waals surface area contributed by atoms with Gasteiger partial charge in [0.15, 0.2) is 0 Å². The van der Waals surface area contributed by atoms with Gasteiger partial charge in [-0.25, -0.2) is 0 Å². The minimum Gasteiger partial charge on any atom is -0.355 e. The van der Waals surface area contributed by atoms with Crippen LogP contribution in [-0.2, 0) is 16.1 Å². The van der Waals surface area contributed by atoms with Crippen molar-refractivity contribution in [3.63, 3.8) is 0 Å². The molecule has 1 aromatic rings. The number of carbonyl (C=O) groups is 2. The molecular formula is C11H16N4O2. The Morgan fingerprint density at radius 3 is 3.06 bits per heavy atom. The molecule has 0 spiro atoms. The van der Waals surface area contributed by atoms with E-state index in [-0.39, 0.29) is 17.7 Å². The molecule has 2 rings (SSSR count). The van der Waals surface area contributed by atoms with Gasteiger partial charge in [0.2, 0.25) is 11.8 Å². The van der Waals surface area contributed by atoms with Crippen LogP contribution in [0.15, 0.2) is 12.4 Å². The van der Waals surface area contributed by atoms with Gasteiger partial charge in [0.05, 0.1) is 12.1 Å². The predicted molar refractivity (Wildman–Crippen MR) is 60.8 cm³/mol. The molecule has 2 N–H and O–H groups in total. The maximum Gasteiger partial charge on any atom is 0.227 e. The highest BCUT2D eigenvalue weighted by Crippen LogP contribution is 2.14. The van der Waals surface area contributed by atoms with Gasteiger partial charge >= 0.3 is 0 Å². The summed E-state index contributed by atoms with van der Waals surface area (Å²) in [6, 6.07) is 0. The van der Waals surface area contributed by atoms with Gasteiger partial charge in [-0.15, -0.1) is 0 Å². The number of carbonyl (C=O) groups excluding carboxylic acids is 2. The normalized spacial score (nSPS) is 19.8. The van der Waals surface area contributed by atoms with Gasteiger partial charge in [-0.3, -0.25) is 14.7 Å². The van der Waals surface area contributed by atoms with E-state index in [1.54, 1.807) is 24.3 Å². The van der Waals surface area contributed by atoms with E-state index in [0.717, 1.165) is 5.56 Å². The molecule has 0 radical (unpaired) electrons. The molecule has 1 aliphatic heterocycles. The Hall–Kier alpha value is -1.85. The van der Waals surface area contributed by atoms with E-state index in [0.29, 0.717) is 25.9 Å². The minimum atomic E-state index is -0.0930. The first-order chi connectivity index (χ1) is 8.16. The highest BCUT2D eigenvalue weighted by molar-refractivity contribution is 5.83. The molecule has 6 heteroatoms. The van der Waals surface area contributed by atoms with Crippen LogP contribution in [0.2, 0.25) is 0 Å². The van der Waals surface area contributed by atoms with Gasteiger partial charge in [0.25, 0.3) is 0 Å². The summed E-state index contributed by atoms with van der Waals surface area (Å²) in [6.07, 6.45) is 4.55. The lowest BCUT2D eigenvalue weighted by Crippen LogP contribution is -2.43. The second-order valence-electron chi connectivity index (χ2n) is 4.34. The molecule has 2 heterocycles. The summed E-state index contributed by atoms with van der Waals surface area (Å²) >= 11 is 0. The van der Waals surface area contributed by atoms with Gasteiger partial charge in [-0.2, -0.15) is 5.10 Å². The first kappa shape index (κ1) is 11.6. The lowest BCUT2D eigenvalue weighted by molar-refractivity contribution is -0.136. The third-order valence-electron chi connectivity index (χ3n) is 2.97. The van der Waals surface area contributed by atoms with Crippen molar-refractivity contribution in [2.45, 2.75) is 19.4 Å². The topological polar surface area (TPSA) is 78.1 Å². The summed E-state index contributed by atoms with van der Waals surface area (Å²) in [5.41, 5.74) is 0.973. The zero-order valence-corrected chi connectivity index (χ0v) is 9.77. The number of hydrogen-bond acceptors (Lipinski definition) is 3. The molecule has 0 aliphatic carbocycles. The van der Waals surface area contributed by atoms with Crippen molar-refractivity contribution in [1.29, 1.82) is 0 Å². The average molecular weight is 236 g/mol. The van der Waals surface area contributed by atoms with Crippen LogP contribution < -0.4 is 5.32 Å². The fourth-order valence-electron chi connectivity index (χ4n) is 1.97. The molecule has 92 valence electrons. The zero-order chi connectivity index (χ0) is 12.3. The number of hydrogen-bond donors (Lipinski definition) is 2. The smallest absolute Gasteiger partial charge is 0.227 e. The Labute approximate surface area is 99.4 Å². The SMILES string of the molecule is CN(Cc1cn[nH]c1)C(=O)C1CCC(=O)NC1. The quantitative estimate of drug-likeness (QED) is 0.769. The van der Waals surface area contributed by atoms with Crippen molar-refractivity contribution < 1.29 is 9.59 Å². The molecule has 2 amide bonds. The molecule has 6 nitrogen and oxygen atoms in total. The fraction of sp³-hybridized carbons (Fsp3) is 0.545. The Morgan fingerprint density at radius 1 is 1.65 bits per heavy atom. The van der Waals surface area contributed by atoms with Crippen LogP contribution >= 0.6 is 0 Å². The molecular weight excluding hydrogens is 220 g/mol. The number of H-pyrrole nitrogens is 1. The number of piperidine rings is 1. The molecule has 1 saturated heterocycles. The summed E-state index contributed by atoms with van der Waals surface area (Å²) in [5, 5.41) is 9.27. The second-order valence-corrected chi connectivity index (χ2v) is 4.34. The van der Waals surface area contributed by atoms with E-state index in [2.05, 4.69) is 15.5 Å². The Bertz CT molecular complexity index is 392. The van der Waals surface area contributed by atoms with Crippen molar-refractivity contribution in [2.75, 3.05) is 13.6 Å². The van der Waals surface area contributed by atoms with E-state index in [1.165, 1.54) is 0 Å². The van der Waals surface area contributed by atoms with Crippen LogP contribution in [0.4, 0.5) is 0 Å². The van der Waals surface area contributed by atoms with Gasteiger partial charge < -0.3 is 10.2 Å². The van der Waals surface area contributed by atoms with Crippen molar-refractivity contribution in [3.05, 3.63) is 18.0 Å². The van der Waals surface area contributed by atoms with Gasteiger partial charge in [0, 0.05) is 38.3 Å². The Balaban J connectivity index is 1.88. The number of nitrogens with zero attached hydrogens (tertiary/aromatic N) is 2. The predicted octanol–water partition coefficient (Wildman–Crippen LogP) is -0.106. The lowest BCUT2D eigenvalue weighted by atomic mass is 9.98. The molecule has 0 saturated carbocycles. The third-order valence-corrected chi connectivity index (χ3v) is 2.97. The standard InChI is InChI=1S/C11H16N4O2/c1-15(7-8-4-13-14-5-8)11(17)9-2-3-10(16)12-6-9/h4-5,9H,2-3,6-7H2,1H3,(H,12,16)(H,13,14). The molecule has 1 atom stereocenters. The van der Waals surface area contributed by atoms with Gasteiger partial charge in [0.1, 0.15) is 0 Å². The van der Waals surface area contributed by atoms with E-state index in [9.17, 15) is 9.59 Å². The van der Waals surface area contributed by atoms with Crippen molar-refractivity contribution >= 4 is 11.8 Å². The maximum atomic E-state index is 12.1. The van der Waals surface area contributed by atoms with Crippen molar-refractivity contribution in [1.82, 2.24) is 20.4 Å². The summed E-state index contributed by atoms with van der Waals surface area (Å²) < 4.78 is 0. The first-order valence-corrected chi connectivity index (χ1v) is 5.66. The van der Waals surface area contributed by atoms with Gasteiger partial charge in [-0.05, 0) is 6.42 Å². The first-order valence-electron chi connectivity index (χ1n) is 5.66. The molecule has 1 aliphatic rings. The molecule has 1 fully saturated rings. The van der Waals surface area contributed by atoms with Crippen LogP contribution in [0.3, 0.4) is 0 Å². The van der Waals surface area contributed by atoms with Crippen LogP contribution in [0.5, 0.6) is 0 Å². The van der Waals surface area contributed by atoms with E-state index >= 15 is 0 Å². The molecule has 1 aromatic heterocycles. The second kappa shape index (κ2) is 4.99. The summed E-state index contributed by atoms with van der Waals surface area (Å²) in [5.74, 6) is 0.0161. The number of rotatable bonds is 3. The lowest BCUT2D eigenvalue weighted by Gasteiger charge is -2.26. The molecule has 17 heavy (non-hydrogen) atoms. The van der Waals surface area contributed by atoms with E-state index in [4.69, 9.17) is 0 Å². The monoisotopic (exact) mass is 236 g/mol. The minimum absolute atomic E-state index is 0.0338. The van der Waals surface area contributed by atoms with Crippen LogP contribution in [0.1, 0.15) is 18.4 Å². The molecule has 0 aromatic carbocycles. The Kier molecular flexibility index (Phi) is 3.41. The third kappa shape index (κ3) is 2.83. The van der Waals surface area contributed by atoms with Crippen LogP contribution in [-0.4, -0.2) is 40.5 Å². The van der Waals surface area contributed by atoms with Crippen LogP contribution in [0, 0.1) is 5.92 Å². The van der Waals surface area contributed by atoms with Gasteiger partial charge in [-0.1, -0.05) is 0 Å². The molecule has 0 bridgehead atoms. The average Bonchev–Trinajstić information content (AvgIpc) is 2.82.